The maximum absolute atomic E-state index is 12.8. The first-order valence-electron chi connectivity index (χ1n) is 11.6. The molecular weight excluding hydrogens is 458 g/mol. The number of carbonyl (C=O) groups excluding carboxylic acids is 3. The minimum atomic E-state index is -0.620. The van der Waals surface area contributed by atoms with E-state index in [-0.39, 0.29) is 16.9 Å². The molecule has 0 radical (unpaired) electrons. The maximum Gasteiger partial charge on any atom is 0.333 e. The maximum atomic E-state index is 12.8. The van der Waals surface area contributed by atoms with Crippen molar-refractivity contribution in [3.8, 4) is 0 Å². The Hall–Kier alpha value is -3.71. The van der Waals surface area contributed by atoms with Crippen molar-refractivity contribution >= 4 is 51.6 Å². The quantitative estimate of drug-likeness (QED) is 0.326. The predicted octanol–water partition coefficient (Wildman–Crippen LogP) is 5.76. The fourth-order valence-corrected chi connectivity index (χ4v) is 6.85. The first kappa shape index (κ1) is 21.8. The monoisotopic (exact) mass is 483 g/mol. The second-order valence-corrected chi connectivity index (χ2v) is 11.0. The molecule has 2 aromatic carbocycles. The Labute approximate surface area is 208 Å². The Kier molecular flexibility index (Phi) is 4.45. The van der Waals surface area contributed by atoms with Crippen LogP contribution in [-0.2, 0) is 15.0 Å². The van der Waals surface area contributed by atoms with Crippen molar-refractivity contribution in [3.05, 3.63) is 81.2 Å². The second-order valence-electron chi connectivity index (χ2n) is 9.92. The average Bonchev–Trinajstić information content (AvgIpc) is 3.29. The third-order valence-electron chi connectivity index (χ3n) is 7.61. The van der Waals surface area contributed by atoms with Gasteiger partial charge in [0.1, 0.15) is 10.6 Å². The molecule has 0 N–H and O–H groups in total. The third kappa shape index (κ3) is 2.79. The topological polar surface area (TPSA) is 60.9 Å². The van der Waals surface area contributed by atoms with Gasteiger partial charge in [-0.15, -0.1) is 11.3 Å². The number of urea groups is 1. The number of thiophene rings is 1. The van der Waals surface area contributed by atoms with Gasteiger partial charge in [-0.05, 0) is 40.5 Å². The van der Waals surface area contributed by atoms with E-state index in [2.05, 4.69) is 74.2 Å². The van der Waals surface area contributed by atoms with E-state index in [1.807, 2.05) is 0 Å². The number of hydrogen-bond acceptors (Lipinski definition) is 5. The Morgan fingerprint density at radius 2 is 1.54 bits per heavy atom. The lowest BCUT2D eigenvalue weighted by atomic mass is 9.72. The summed E-state index contributed by atoms with van der Waals surface area (Å²) in [5.41, 5.74) is 7.10. The van der Waals surface area contributed by atoms with E-state index in [0.717, 1.165) is 30.9 Å². The van der Waals surface area contributed by atoms with Gasteiger partial charge in [0.25, 0.3) is 11.8 Å². The van der Waals surface area contributed by atoms with Gasteiger partial charge in [0.2, 0.25) is 0 Å². The molecule has 4 amide bonds. The van der Waals surface area contributed by atoms with Crippen molar-refractivity contribution in [3.63, 3.8) is 0 Å². The summed E-state index contributed by atoms with van der Waals surface area (Å²) in [6, 6.07) is 16.5. The average molecular weight is 484 g/mol. The number of likely N-dealkylation sites (N-methyl/N-ethyl adjacent to an activating group) is 2. The highest BCUT2D eigenvalue weighted by Crippen LogP contribution is 2.60. The van der Waals surface area contributed by atoms with Gasteiger partial charge in [-0.3, -0.25) is 19.4 Å². The number of anilines is 3. The van der Waals surface area contributed by atoms with Gasteiger partial charge < -0.3 is 4.90 Å². The molecule has 0 spiro atoms. The van der Waals surface area contributed by atoms with Gasteiger partial charge in [-0.2, -0.15) is 0 Å². The van der Waals surface area contributed by atoms with Gasteiger partial charge in [0, 0.05) is 30.3 Å². The van der Waals surface area contributed by atoms with Gasteiger partial charge in [0.05, 0.1) is 11.4 Å². The van der Waals surface area contributed by atoms with Gasteiger partial charge in [0.15, 0.2) is 0 Å². The van der Waals surface area contributed by atoms with Gasteiger partial charge >= 0.3 is 6.03 Å². The Morgan fingerprint density at radius 3 is 2.26 bits per heavy atom. The summed E-state index contributed by atoms with van der Waals surface area (Å²) < 4.78 is 0. The molecule has 0 saturated carbocycles. The smallest absolute Gasteiger partial charge is 0.301 e. The van der Waals surface area contributed by atoms with Crippen molar-refractivity contribution < 1.29 is 14.4 Å². The lowest BCUT2D eigenvalue weighted by Gasteiger charge is -2.45. The molecule has 3 aliphatic rings. The van der Waals surface area contributed by atoms with Crippen LogP contribution in [0.3, 0.4) is 0 Å². The molecule has 7 heteroatoms. The number of imide groups is 2. The molecule has 1 atom stereocenters. The zero-order chi connectivity index (χ0) is 24.8. The molecule has 1 aromatic heterocycles. The highest BCUT2D eigenvalue weighted by molar-refractivity contribution is 7.17. The van der Waals surface area contributed by atoms with Crippen LogP contribution >= 0.6 is 11.3 Å². The van der Waals surface area contributed by atoms with Crippen LogP contribution in [0, 0.1) is 0 Å². The van der Waals surface area contributed by atoms with Gasteiger partial charge in [-0.1, -0.05) is 57.2 Å². The molecule has 1 unspecified atom stereocenters. The summed E-state index contributed by atoms with van der Waals surface area (Å²) in [4.78, 5) is 42.9. The number of carbonyl (C=O) groups is 3. The summed E-state index contributed by atoms with van der Waals surface area (Å²) in [6.45, 7) is 6.71. The molecule has 35 heavy (non-hydrogen) atoms. The number of amides is 4. The minimum Gasteiger partial charge on any atom is -0.301 e. The molecule has 1 saturated heterocycles. The molecule has 0 aliphatic carbocycles. The highest BCUT2D eigenvalue weighted by atomic mass is 32.1. The van der Waals surface area contributed by atoms with Crippen LogP contribution in [0.25, 0.3) is 6.08 Å². The lowest BCUT2D eigenvalue weighted by Crippen LogP contribution is -2.52. The molecule has 4 heterocycles. The largest absolute Gasteiger partial charge is 0.333 e. The molecule has 176 valence electrons. The molecule has 0 bridgehead atoms. The van der Waals surface area contributed by atoms with E-state index < -0.39 is 17.8 Å². The zero-order valence-electron chi connectivity index (χ0n) is 20.2. The molecule has 3 aliphatic heterocycles. The van der Waals surface area contributed by atoms with Crippen LogP contribution in [0.4, 0.5) is 21.2 Å². The third-order valence-corrected chi connectivity index (χ3v) is 8.68. The number of barbiturate groups is 1. The zero-order valence-corrected chi connectivity index (χ0v) is 21.1. The van der Waals surface area contributed by atoms with Crippen molar-refractivity contribution in [2.75, 3.05) is 19.0 Å². The van der Waals surface area contributed by atoms with Crippen LogP contribution in [0.5, 0.6) is 0 Å². The summed E-state index contributed by atoms with van der Waals surface area (Å²) in [5, 5.41) is 1.09. The van der Waals surface area contributed by atoms with Crippen molar-refractivity contribution in [2.24, 2.45) is 0 Å². The molecule has 6 nitrogen and oxygen atoms in total. The molecular formula is C28H25N3O3S. The van der Waals surface area contributed by atoms with Gasteiger partial charge in [-0.25, -0.2) is 4.79 Å². The lowest BCUT2D eigenvalue weighted by molar-refractivity contribution is -0.134. The van der Waals surface area contributed by atoms with E-state index >= 15 is 0 Å². The van der Waals surface area contributed by atoms with E-state index in [4.69, 9.17) is 0 Å². The fraction of sp³-hybridized carbons (Fsp3) is 0.250. The van der Waals surface area contributed by atoms with Crippen molar-refractivity contribution in [1.82, 2.24) is 9.80 Å². The van der Waals surface area contributed by atoms with E-state index in [9.17, 15) is 14.4 Å². The first-order chi connectivity index (χ1) is 16.6. The predicted molar refractivity (Wildman–Crippen MR) is 138 cm³/mol. The first-order valence-corrected chi connectivity index (χ1v) is 12.4. The summed E-state index contributed by atoms with van der Waals surface area (Å²) >= 11 is 1.57. The number of hydrogen-bond donors (Lipinski definition) is 0. The van der Waals surface area contributed by atoms with E-state index in [1.165, 1.54) is 36.5 Å². The van der Waals surface area contributed by atoms with Crippen LogP contribution < -0.4 is 4.90 Å². The summed E-state index contributed by atoms with van der Waals surface area (Å²) in [7, 11) is 2.79. The van der Waals surface area contributed by atoms with Crippen LogP contribution in [0.2, 0.25) is 0 Å². The summed E-state index contributed by atoms with van der Waals surface area (Å²) in [5.74, 6) is -0.879. The SMILES string of the molecule is CC1c2ccccc2N2c3sc(C=C4C(=O)N(C)C(=O)N(C)C4=O)cc3C(C)(C)c3cccc1c32. The minimum absolute atomic E-state index is 0.00290. The number of fused-ring (bicyclic) bond motifs is 4. The van der Waals surface area contributed by atoms with Crippen LogP contribution in [0.15, 0.2) is 54.1 Å². The molecule has 3 aromatic rings. The van der Waals surface area contributed by atoms with E-state index in [1.54, 1.807) is 17.4 Å². The number of rotatable bonds is 1. The number of nitrogens with zero attached hydrogens (tertiary/aromatic N) is 3. The normalized spacial score (nSPS) is 20.0. The number of para-hydroxylation sites is 2. The Bertz CT molecular complexity index is 1470. The fourth-order valence-electron chi connectivity index (χ4n) is 5.57. The highest BCUT2D eigenvalue weighted by Gasteiger charge is 2.43. The van der Waals surface area contributed by atoms with Crippen molar-refractivity contribution in [2.45, 2.75) is 32.1 Å². The molecule has 6 rings (SSSR count). The second kappa shape index (κ2) is 7.15. The Balaban J connectivity index is 1.57. The van der Waals surface area contributed by atoms with E-state index in [0.29, 0.717) is 0 Å². The van der Waals surface area contributed by atoms with Crippen molar-refractivity contribution in [1.29, 1.82) is 0 Å². The Morgan fingerprint density at radius 1 is 0.886 bits per heavy atom. The van der Waals surface area contributed by atoms with Crippen LogP contribution in [0.1, 0.15) is 53.8 Å². The standard InChI is InChI=1S/C28H25N3O3S/c1-15-17-9-6-7-12-22(17)31-23-18(15)10-8-11-20(23)28(2,3)21-14-16(35-26(21)31)13-19-24(32)29(4)27(34)30(5)25(19)33/h6-15H,1-5H3. The summed E-state index contributed by atoms with van der Waals surface area (Å²) in [6.07, 6.45) is 1.63. The molecule has 1 fully saturated rings. The van der Waals surface area contributed by atoms with Crippen LogP contribution in [-0.4, -0.2) is 41.7 Å². The number of benzene rings is 2.